The normalized spacial score (nSPS) is 25.6. The molecule has 4 heteroatoms. The SMILES string of the molecule is COc1cccc(C23CCN(C(=O)C4CCC4)CC2Cc2c([nH]c4ccccc24)C3)c1. The molecule has 1 amide bonds. The third-order valence-corrected chi connectivity index (χ3v) is 8.31. The Hall–Kier alpha value is -2.75. The van der Waals surface area contributed by atoms with Gasteiger partial charge in [-0.3, -0.25) is 4.79 Å². The average Bonchev–Trinajstić information content (AvgIpc) is 3.13. The molecule has 0 radical (unpaired) electrons. The van der Waals surface area contributed by atoms with Crippen LogP contribution in [0.2, 0.25) is 0 Å². The van der Waals surface area contributed by atoms with E-state index in [0.717, 1.165) is 50.9 Å². The standard InChI is InChI=1S/C27H30N2O2/c1-31-21-9-5-8-19(14-21)27-12-13-29(26(30)18-6-4-7-18)17-20(27)15-23-22-10-2-3-11-24(22)28-25(23)16-27/h2-3,5,8-11,14,18,20,28H,4,6-7,12-13,15-17H2,1H3. The Kier molecular flexibility index (Phi) is 4.38. The number of hydrogen-bond acceptors (Lipinski definition) is 2. The summed E-state index contributed by atoms with van der Waals surface area (Å²) in [7, 11) is 1.74. The number of amides is 1. The highest BCUT2D eigenvalue weighted by Crippen LogP contribution is 2.50. The van der Waals surface area contributed by atoms with Gasteiger partial charge >= 0.3 is 0 Å². The topological polar surface area (TPSA) is 45.3 Å². The van der Waals surface area contributed by atoms with Crippen molar-refractivity contribution in [2.45, 2.75) is 43.9 Å². The van der Waals surface area contributed by atoms with E-state index in [2.05, 4.69) is 52.3 Å². The number of piperidine rings is 1. The predicted molar refractivity (Wildman–Crippen MR) is 122 cm³/mol. The van der Waals surface area contributed by atoms with Crippen molar-refractivity contribution in [1.29, 1.82) is 0 Å². The number of rotatable bonds is 3. The summed E-state index contributed by atoms with van der Waals surface area (Å²) < 4.78 is 5.58. The number of methoxy groups -OCH3 is 1. The van der Waals surface area contributed by atoms with Gasteiger partial charge in [0.2, 0.25) is 5.91 Å². The van der Waals surface area contributed by atoms with Crippen molar-refractivity contribution >= 4 is 16.8 Å². The minimum Gasteiger partial charge on any atom is -0.497 e. The van der Waals surface area contributed by atoms with E-state index in [-0.39, 0.29) is 11.3 Å². The van der Waals surface area contributed by atoms with Gasteiger partial charge < -0.3 is 14.6 Å². The molecular formula is C27H30N2O2. The Balaban J connectivity index is 1.43. The van der Waals surface area contributed by atoms with E-state index in [4.69, 9.17) is 4.74 Å². The number of aromatic nitrogens is 1. The highest BCUT2D eigenvalue weighted by molar-refractivity contribution is 5.85. The van der Waals surface area contributed by atoms with Gasteiger partial charge in [0.1, 0.15) is 5.75 Å². The number of benzene rings is 2. The first-order valence-corrected chi connectivity index (χ1v) is 11.7. The average molecular weight is 415 g/mol. The second-order valence-electron chi connectivity index (χ2n) is 9.76. The molecule has 4 nitrogen and oxygen atoms in total. The van der Waals surface area contributed by atoms with Crippen LogP contribution in [0, 0.1) is 11.8 Å². The number of ether oxygens (including phenoxy) is 1. The largest absolute Gasteiger partial charge is 0.497 e. The quantitative estimate of drug-likeness (QED) is 0.665. The lowest BCUT2D eigenvalue weighted by Gasteiger charge is -2.51. The molecule has 2 heterocycles. The third kappa shape index (κ3) is 2.91. The summed E-state index contributed by atoms with van der Waals surface area (Å²) in [6.45, 7) is 1.73. The van der Waals surface area contributed by atoms with Crippen LogP contribution in [0.15, 0.2) is 48.5 Å². The van der Waals surface area contributed by atoms with Gasteiger partial charge in [-0.15, -0.1) is 0 Å². The number of aromatic amines is 1. The molecule has 2 fully saturated rings. The van der Waals surface area contributed by atoms with E-state index in [9.17, 15) is 4.79 Å². The van der Waals surface area contributed by atoms with Gasteiger partial charge in [-0.2, -0.15) is 0 Å². The molecule has 1 aromatic heterocycles. The second kappa shape index (κ2) is 7.15. The fraction of sp³-hybridized carbons (Fsp3) is 0.444. The number of likely N-dealkylation sites (tertiary alicyclic amines) is 1. The van der Waals surface area contributed by atoms with Crippen LogP contribution in [0.1, 0.15) is 42.5 Å². The van der Waals surface area contributed by atoms with E-state index < -0.39 is 0 Å². The summed E-state index contributed by atoms with van der Waals surface area (Å²) in [5.74, 6) is 2.01. The Bertz CT molecular complexity index is 1150. The van der Waals surface area contributed by atoms with Crippen molar-refractivity contribution < 1.29 is 9.53 Å². The summed E-state index contributed by atoms with van der Waals surface area (Å²) in [5, 5.41) is 1.35. The lowest BCUT2D eigenvalue weighted by Crippen LogP contribution is -2.56. The Morgan fingerprint density at radius 2 is 2.03 bits per heavy atom. The molecule has 2 aliphatic carbocycles. The van der Waals surface area contributed by atoms with E-state index in [1.165, 1.54) is 34.1 Å². The fourth-order valence-electron chi connectivity index (χ4n) is 6.29. The van der Waals surface area contributed by atoms with Gasteiger partial charge in [0.15, 0.2) is 0 Å². The van der Waals surface area contributed by atoms with Gasteiger partial charge in [0.05, 0.1) is 7.11 Å². The Labute approximate surface area is 183 Å². The maximum absolute atomic E-state index is 13.1. The number of H-pyrrole nitrogens is 1. The molecule has 3 aromatic rings. The summed E-state index contributed by atoms with van der Waals surface area (Å²) in [5.41, 5.74) is 5.46. The molecule has 2 aromatic carbocycles. The van der Waals surface area contributed by atoms with Crippen LogP contribution in [0.5, 0.6) is 5.75 Å². The van der Waals surface area contributed by atoms with Crippen LogP contribution in [-0.2, 0) is 23.1 Å². The maximum atomic E-state index is 13.1. The minimum absolute atomic E-state index is 0.0405. The first-order valence-electron chi connectivity index (χ1n) is 11.7. The number of para-hydroxylation sites is 1. The smallest absolute Gasteiger partial charge is 0.225 e. The highest BCUT2D eigenvalue weighted by atomic mass is 16.5. The molecule has 2 atom stereocenters. The molecule has 160 valence electrons. The molecule has 2 unspecified atom stereocenters. The van der Waals surface area contributed by atoms with Gasteiger partial charge in [0, 0.05) is 41.0 Å². The summed E-state index contributed by atoms with van der Waals surface area (Å²) >= 11 is 0. The van der Waals surface area contributed by atoms with Crippen molar-refractivity contribution in [3.8, 4) is 5.75 Å². The maximum Gasteiger partial charge on any atom is 0.225 e. The van der Waals surface area contributed by atoms with Crippen LogP contribution in [0.25, 0.3) is 10.9 Å². The van der Waals surface area contributed by atoms with Crippen molar-refractivity contribution in [3.05, 3.63) is 65.4 Å². The van der Waals surface area contributed by atoms with Gasteiger partial charge in [-0.05, 0) is 67.3 Å². The molecule has 1 saturated carbocycles. The zero-order chi connectivity index (χ0) is 21.0. The first-order chi connectivity index (χ1) is 15.2. The number of nitrogens with one attached hydrogen (secondary N) is 1. The van der Waals surface area contributed by atoms with E-state index in [1.807, 2.05) is 6.07 Å². The third-order valence-electron chi connectivity index (χ3n) is 8.31. The molecule has 6 rings (SSSR count). The number of carbonyl (C=O) groups excluding carboxylic acids is 1. The lowest BCUT2D eigenvalue weighted by molar-refractivity contribution is -0.141. The fourth-order valence-corrected chi connectivity index (χ4v) is 6.29. The molecular weight excluding hydrogens is 384 g/mol. The van der Waals surface area contributed by atoms with Gasteiger partial charge in [-0.25, -0.2) is 0 Å². The number of fused-ring (bicyclic) bond motifs is 4. The molecule has 0 spiro atoms. The highest BCUT2D eigenvalue weighted by Gasteiger charge is 2.49. The van der Waals surface area contributed by atoms with Crippen LogP contribution >= 0.6 is 0 Å². The first kappa shape index (κ1) is 19.0. The molecule has 31 heavy (non-hydrogen) atoms. The summed E-state index contributed by atoms with van der Waals surface area (Å²) in [6, 6.07) is 17.3. The van der Waals surface area contributed by atoms with Crippen molar-refractivity contribution in [2.24, 2.45) is 11.8 Å². The molecule has 1 saturated heterocycles. The Morgan fingerprint density at radius 1 is 1.16 bits per heavy atom. The van der Waals surface area contributed by atoms with Gasteiger partial charge in [-0.1, -0.05) is 36.8 Å². The lowest BCUT2D eigenvalue weighted by atomic mass is 9.58. The minimum atomic E-state index is 0.0405. The van der Waals surface area contributed by atoms with Gasteiger partial charge in [0.25, 0.3) is 0 Å². The number of carbonyl (C=O) groups is 1. The number of nitrogens with zero attached hydrogens (tertiary/aromatic N) is 1. The molecule has 1 aliphatic heterocycles. The van der Waals surface area contributed by atoms with Crippen LogP contribution in [0.3, 0.4) is 0 Å². The zero-order valence-electron chi connectivity index (χ0n) is 18.2. The van der Waals surface area contributed by atoms with Crippen molar-refractivity contribution in [2.75, 3.05) is 20.2 Å². The predicted octanol–water partition coefficient (Wildman–Crippen LogP) is 4.86. The number of hydrogen-bond donors (Lipinski definition) is 1. The summed E-state index contributed by atoms with van der Waals surface area (Å²) in [4.78, 5) is 19.0. The molecule has 0 bridgehead atoms. The molecule has 1 N–H and O–H groups in total. The van der Waals surface area contributed by atoms with E-state index >= 15 is 0 Å². The monoisotopic (exact) mass is 414 g/mol. The zero-order valence-corrected chi connectivity index (χ0v) is 18.2. The van der Waals surface area contributed by atoms with E-state index in [1.54, 1.807) is 7.11 Å². The Morgan fingerprint density at radius 3 is 2.84 bits per heavy atom. The second-order valence-corrected chi connectivity index (χ2v) is 9.76. The summed E-state index contributed by atoms with van der Waals surface area (Å²) in [6.07, 6.45) is 6.39. The van der Waals surface area contributed by atoms with Crippen LogP contribution in [-0.4, -0.2) is 36.0 Å². The van der Waals surface area contributed by atoms with Crippen molar-refractivity contribution in [1.82, 2.24) is 9.88 Å². The van der Waals surface area contributed by atoms with Crippen molar-refractivity contribution in [3.63, 3.8) is 0 Å². The van der Waals surface area contributed by atoms with E-state index in [0.29, 0.717) is 11.8 Å². The molecule has 3 aliphatic rings. The van der Waals surface area contributed by atoms with Crippen LogP contribution in [0.4, 0.5) is 0 Å². The van der Waals surface area contributed by atoms with Crippen LogP contribution < -0.4 is 4.74 Å².